The van der Waals surface area contributed by atoms with Crippen LogP contribution in [0, 0.1) is 0 Å². The van der Waals surface area contributed by atoms with Crippen molar-refractivity contribution in [2.24, 2.45) is 0 Å². The number of nitrogens with one attached hydrogen (secondary N) is 1. The number of carboxylic acid groups (broad SMARTS) is 1. The molecule has 2 fully saturated rings. The van der Waals surface area contributed by atoms with Crippen LogP contribution in [0.15, 0.2) is 6.07 Å². The van der Waals surface area contributed by atoms with Crippen molar-refractivity contribution < 1.29 is 19.4 Å². The van der Waals surface area contributed by atoms with E-state index < -0.39 is 0 Å². The molecule has 0 saturated carbocycles. The maximum atomic E-state index is 11.1. The number of carbonyl (C=O) groups excluding carboxylic acids is 1. The second-order valence-electron chi connectivity index (χ2n) is 5.03. The fourth-order valence-corrected chi connectivity index (χ4v) is 2.52. The summed E-state index contributed by atoms with van der Waals surface area (Å²) in [6.45, 7) is 1.83. The number of aromatic nitrogens is 2. The Morgan fingerprint density at radius 3 is 2.77 bits per heavy atom. The largest absolute Gasteiger partial charge is 0.483 e. The van der Waals surface area contributed by atoms with Crippen molar-refractivity contribution in [3.05, 3.63) is 6.07 Å². The van der Waals surface area contributed by atoms with Gasteiger partial charge in [0.05, 0.1) is 6.54 Å². The van der Waals surface area contributed by atoms with Crippen LogP contribution in [0.1, 0.15) is 6.42 Å². The normalized spacial score (nSPS) is 23.6. The van der Waals surface area contributed by atoms with Gasteiger partial charge in [0.25, 0.3) is 6.47 Å². The molecule has 1 aromatic heterocycles. The molecule has 0 aromatic carbocycles. The topological polar surface area (TPSA) is 157 Å². The number of hydrogen-bond acceptors (Lipinski definition) is 8. The van der Waals surface area contributed by atoms with Crippen LogP contribution in [0.5, 0.6) is 0 Å². The molecule has 1 aromatic rings. The summed E-state index contributed by atoms with van der Waals surface area (Å²) >= 11 is 0. The predicted molar refractivity (Wildman–Crippen MR) is 78.1 cm³/mol. The van der Waals surface area contributed by atoms with Crippen molar-refractivity contribution in [1.29, 1.82) is 0 Å². The third-order valence-electron chi connectivity index (χ3n) is 3.51. The Balaban J connectivity index is 0.000000545. The number of nitrogen functional groups attached to an aromatic ring is 2. The molecule has 1 amide bonds. The van der Waals surface area contributed by atoms with Gasteiger partial charge in [-0.15, -0.1) is 0 Å². The summed E-state index contributed by atoms with van der Waals surface area (Å²) in [4.78, 5) is 29.6. The maximum Gasteiger partial charge on any atom is 0.290 e. The minimum absolute atomic E-state index is 0.0698. The van der Waals surface area contributed by atoms with Crippen molar-refractivity contribution in [1.82, 2.24) is 15.3 Å². The van der Waals surface area contributed by atoms with E-state index in [-0.39, 0.29) is 30.5 Å². The summed E-state index contributed by atoms with van der Waals surface area (Å²) in [5, 5.41) is 9.73. The lowest BCUT2D eigenvalue weighted by Crippen LogP contribution is -2.53. The summed E-state index contributed by atoms with van der Waals surface area (Å²) < 4.78 is 5.69. The average Bonchev–Trinajstić information content (AvgIpc) is 2.87. The highest BCUT2D eigenvalue weighted by Crippen LogP contribution is 2.30. The average molecular weight is 310 g/mol. The number of carbonyl (C=O) groups is 2. The van der Waals surface area contributed by atoms with E-state index >= 15 is 0 Å². The number of rotatable bonds is 1. The third kappa shape index (κ3) is 3.52. The molecular formula is C12H18N6O4. The molecule has 1 spiro atoms. The van der Waals surface area contributed by atoms with E-state index in [0.717, 1.165) is 13.0 Å². The molecule has 0 bridgehead atoms. The number of nitrogens with zero attached hydrogens (tertiary/aromatic N) is 3. The van der Waals surface area contributed by atoms with Crippen LogP contribution in [0.3, 0.4) is 0 Å². The van der Waals surface area contributed by atoms with Gasteiger partial charge in [-0.3, -0.25) is 9.59 Å². The number of ether oxygens (including phenoxy) is 1. The van der Waals surface area contributed by atoms with Crippen LogP contribution in [-0.2, 0) is 14.3 Å². The molecule has 10 heteroatoms. The summed E-state index contributed by atoms with van der Waals surface area (Å²) in [6.07, 6.45) is 0.830. The van der Waals surface area contributed by atoms with Gasteiger partial charge in [-0.1, -0.05) is 0 Å². The van der Waals surface area contributed by atoms with Gasteiger partial charge in [-0.25, -0.2) is 0 Å². The van der Waals surface area contributed by atoms with E-state index in [9.17, 15) is 4.79 Å². The van der Waals surface area contributed by atoms with Crippen LogP contribution >= 0.6 is 0 Å². The van der Waals surface area contributed by atoms with Crippen molar-refractivity contribution in [2.75, 3.05) is 42.6 Å². The van der Waals surface area contributed by atoms with E-state index in [1.807, 2.05) is 4.90 Å². The zero-order valence-electron chi connectivity index (χ0n) is 11.9. The van der Waals surface area contributed by atoms with Gasteiger partial charge in [0.2, 0.25) is 11.9 Å². The smallest absolute Gasteiger partial charge is 0.290 e. The Kier molecular flexibility index (Phi) is 4.61. The molecule has 6 N–H and O–H groups in total. The van der Waals surface area contributed by atoms with E-state index in [4.69, 9.17) is 26.1 Å². The van der Waals surface area contributed by atoms with Crippen LogP contribution in [0.4, 0.5) is 17.6 Å². The van der Waals surface area contributed by atoms with E-state index in [2.05, 4.69) is 15.3 Å². The van der Waals surface area contributed by atoms with E-state index in [1.165, 1.54) is 0 Å². The maximum absolute atomic E-state index is 11.1. The van der Waals surface area contributed by atoms with Crippen LogP contribution in [-0.4, -0.2) is 59.3 Å². The summed E-state index contributed by atoms with van der Waals surface area (Å²) in [5.41, 5.74) is 10.9. The molecule has 0 aliphatic carbocycles. The van der Waals surface area contributed by atoms with E-state index in [1.54, 1.807) is 6.07 Å². The quantitative estimate of drug-likeness (QED) is 0.450. The molecule has 1 atom stereocenters. The second-order valence-corrected chi connectivity index (χ2v) is 5.03. The Labute approximate surface area is 126 Å². The molecule has 1 unspecified atom stereocenters. The van der Waals surface area contributed by atoms with Gasteiger partial charge in [-0.2, -0.15) is 9.97 Å². The lowest BCUT2D eigenvalue weighted by Gasteiger charge is -2.33. The van der Waals surface area contributed by atoms with E-state index in [0.29, 0.717) is 24.7 Å². The van der Waals surface area contributed by atoms with Crippen molar-refractivity contribution in [3.8, 4) is 0 Å². The molecule has 10 nitrogen and oxygen atoms in total. The number of amides is 1. The molecule has 120 valence electrons. The van der Waals surface area contributed by atoms with Crippen molar-refractivity contribution >= 4 is 30.0 Å². The molecule has 22 heavy (non-hydrogen) atoms. The summed E-state index contributed by atoms with van der Waals surface area (Å²) in [6, 6.07) is 1.69. The molecule has 3 heterocycles. The SMILES string of the molecule is Nc1cc(N2CCC3(CNC(=O)CO3)C2)nc(N)n1.O=CO. The summed E-state index contributed by atoms with van der Waals surface area (Å²) in [7, 11) is 0. The lowest BCUT2D eigenvalue weighted by atomic mass is 10.0. The highest BCUT2D eigenvalue weighted by Gasteiger charge is 2.42. The highest BCUT2D eigenvalue weighted by molar-refractivity contribution is 5.78. The van der Waals surface area contributed by atoms with Gasteiger partial charge in [0.1, 0.15) is 23.8 Å². The third-order valence-corrected chi connectivity index (χ3v) is 3.51. The van der Waals surface area contributed by atoms with Gasteiger partial charge in [0.15, 0.2) is 0 Å². The highest BCUT2D eigenvalue weighted by atomic mass is 16.5. The molecule has 0 radical (unpaired) electrons. The Bertz CT molecular complexity index is 536. The van der Waals surface area contributed by atoms with Crippen molar-refractivity contribution in [2.45, 2.75) is 12.0 Å². The number of anilines is 3. The van der Waals surface area contributed by atoms with Gasteiger partial charge in [-0.05, 0) is 6.42 Å². The zero-order valence-corrected chi connectivity index (χ0v) is 11.9. The fourth-order valence-electron chi connectivity index (χ4n) is 2.52. The molecule has 2 aliphatic rings. The number of hydrogen-bond donors (Lipinski definition) is 4. The van der Waals surface area contributed by atoms with Crippen LogP contribution in [0.2, 0.25) is 0 Å². The van der Waals surface area contributed by atoms with Gasteiger partial charge < -0.3 is 31.5 Å². The monoisotopic (exact) mass is 310 g/mol. The zero-order chi connectivity index (χ0) is 16.2. The Morgan fingerprint density at radius 1 is 1.45 bits per heavy atom. The standard InChI is InChI=1S/C11H16N6O2.CH2O2/c12-7-3-8(16-10(13)15-7)17-2-1-11(6-17)5-14-9(18)4-19-11;2-1-3/h3H,1-2,4-6H2,(H,14,18)(H4,12,13,15,16);1H,(H,2,3). The molecule has 2 saturated heterocycles. The Morgan fingerprint density at radius 2 is 2.18 bits per heavy atom. The number of nitrogens with two attached hydrogens (primary N) is 2. The minimum atomic E-state index is -0.331. The first-order valence-corrected chi connectivity index (χ1v) is 6.61. The van der Waals surface area contributed by atoms with Gasteiger partial charge >= 0.3 is 0 Å². The Hall–Kier alpha value is -2.62. The summed E-state index contributed by atoms with van der Waals surface area (Å²) in [5.74, 6) is 1.14. The molecular weight excluding hydrogens is 292 g/mol. The number of morpholine rings is 1. The minimum Gasteiger partial charge on any atom is -0.483 e. The van der Waals surface area contributed by atoms with Gasteiger partial charge in [0, 0.05) is 19.2 Å². The fraction of sp³-hybridized carbons (Fsp3) is 0.500. The molecule has 2 aliphatic heterocycles. The second kappa shape index (κ2) is 6.43. The first-order valence-electron chi connectivity index (χ1n) is 6.61. The first-order chi connectivity index (χ1) is 10.5. The first kappa shape index (κ1) is 15.8. The van der Waals surface area contributed by atoms with Crippen LogP contribution in [0.25, 0.3) is 0 Å². The predicted octanol–water partition coefficient (Wildman–Crippen LogP) is -1.56. The van der Waals surface area contributed by atoms with Crippen LogP contribution < -0.4 is 21.7 Å². The molecule has 3 rings (SSSR count). The van der Waals surface area contributed by atoms with Crippen molar-refractivity contribution in [3.63, 3.8) is 0 Å². The lowest BCUT2D eigenvalue weighted by molar-refractivity contribution is -0.141.